The molecule has 7 heteroatoms. The fourth-order valence-corrected chi connectivity index (χ4v) is 5.66. The summed E-state index contributed by atoms with van der Waals surface area (Å²) >= 11 is 0. The van der Waals surface area contributed by atoms with E-state index in [1.807, 2.05) is 6.07 Å². The van der Waals surface area contributed by atoms with Gasteiger partial charge >= 0.3 is 0 Å². The summed E-state index contributed by atoms with van der Waals surface area (Å²) in [5, 5.41) is 8.82. The smallest absolute Gasteiger partial charge is 0.231 e. The molecule has 2 unspecified atom stereocenters. The monoisotopic (exact) mass is 346 g/mol. The van der Waals surface area contributed by atoms with Gasteiger partial charge in [0.25, 0.3) is 0 Å². The minimum Gasteiger partial charge on any atom is -0.310 e. The molecule has 1 aromatic carbocycles. The molecule has 2 aliphatic rings. The number of hydrogen-bond acceptors (Lipinski definition) is 5. The zero-order valence-corrected chi connectivity index (χ0v) is 14.8. The van der Waals surface area contributed by atoms with Gasteiger partial charge in [-0.3, -0.25) is 4.57 Å². The van der Waals surface area contributed by atoms with Gasteiger partial charge in [-0.1, -0.05) is 25.1 Å². The van der Waals surface area contributed by atoms with Gasteiger partial charge in [0.15, 0.2) is 9.84 Å². The fourth-order valence-electron chi connectivity index (χ4n) is 3.92. The Labute approximate surface area is 142 Å². The van der Waals surface area contributed by atoms with Crippen molar-refractivity contribution in [3.8, 4) is 0 Å². The van der Waals surface area contributed by atoms with Crippen molar-refractivity contribution in [2.75, 3.05) is 23.0 Å². The molecule has 2 atom stereocenters. The van der Waals surface area contributed by atoms with Gasteiger partial charge in [-0.05, 0) is 25.0 Å². The highest BCUT2D eigenvalue weighted by Crippen LogP contribution is 2.40. The maximum Gasteiger partial charge on any atom is 0.231 e. The van der Waals surface area contributed by atoms with Crippen LogP contribution in [0.3, 0.4) is 0 Å². The standard InChI is InChI=1S/C17H22N4O2S/c1-3-20-16(13-8-9-24(22,23)11-13)18-19-17(20)21-10-12(2)14-6-4-5-7-15(14)21/h4-7,12-13H,3,8-11H2,1-2H3. The van der Waals surface area contributed by atoms with Crippen molar-refractivity contribution in [3.05, 3.63) is 35.7 Å². The molecule has 24 heavy (non-hydrogen) atoms. The molecule has 2 aromatic rings. The zero-order valence-electron chi connectivity index (χ0n) is 14.0. The molecule has 128 valence electrons. The molecule has 0 amide bonds. The lowest BCUT2D eigenvalue weighted by Gasteiger charge is -2.20. The molecule has 2 aliphatic heterocycles. The number of aromatic nitrogens is 3. The van der Waals surface area contributed by atoms with E-state index >= 15 is 0 Å². The highest BCUT2D eigenvalue weighted by atomic mass is 32.2. The molecule has 0 aliphatic carbocycles. The van der Waals surface area contributed by atoms with Crippen molar-refractivity contribution in [2.45, 2.75) is 38.6 Å². The largest absolute Gasteiger partial charge is 0.310 e. The van der Waals surface area contributed by atoms with Crippen LogP contribution in [0, 0.1) is 0 Å². The Morgan fingerprint density at radius 2 is 2.04 bits per heavy atom. The van der Waals surface area contributed by atoms with Crippen LogP contribution in [0.25, 0.3) is 0 Å². The average Bonchev–Trinajstić information content (AvgIpc) is 3.22. The van der Waals surface area contributed by atoms with E-state index in [1.54, 1.807) is 0 Å². The van der Waals surface area contributed by atoms with E-state index in [-0.39, 0.29) is 17.4 Å². The van der Waals surface area contributed by atoms with Crippen molar-refractivity contribution < 1.29 is 8.42 Å². The molecule has 1 aromatic heterocycles. The van der Waals surface area contributed by atoms with Crippen molar-refractivity contribution in [3.63, 3.8) is 0 Å². The maximum absolute atomic E-state index is 11.8. The first-order valence-electron chi connectivity index (χ1n) is 8.50. The summed E-state index contributed by atoms with van der Waals surface area (Å²) in [7, 11) is -2.93. The summed E-state index contributed by atoms with van der Waals surface area (Å²) in [5.74, 6) is 2.50. The quantitative estimate of drug-likeness (QED) is 0.854. The molecule has 1 fully saturated rings. The Bertz CT molecular complexity index is 874. The molecule has 0 N–H and O–H groups in total. The predicted molar refractivity (Wildman–Crippen MR) is 93.6 cm³/mol. The number of rotatable bonds is 3. The third kappa shape index (κ3) is 2.42. The summed E-state index contributed by atoms with van der Waals surface area (Å²) in [5.41, 5.74) is 2.51. The van der Waals surface area contributed by atoms with Gasteiger partial charge in [-0.2, -0.15) is 0 Å². The fraction of sp³-hybridized carbons (Fsp3) is 0.529. The minimum atomic E-state index is -2.93. The van der Waals surface area contributed by atoms with Gasteiger partial charge in [-0.25, -0.2) is 8.42 Å². The Hall–Kier alpha value is -1.89. The molecule has 0 bridgehead atoms. The summed E-state index contributed by atoms with van der Waals surface area (Å²) in [6.45, 7) is 5.89. The molecule has 3 heterocycles. The van der Waals surface area contributed by atoms with Crippen LogP contribution in [0.15, 0.2) is 24.3 Å². The van der Waals surface area contributed by atoms with Gasteiger partial charge in [0.2, 0.25) is 5.95 Å². The second-order valence-corrected chi connectivity index (χ2v) is 9.00. The molecule has 0 radical (unpaired) electrons. The number of fused-ring (bicyclic) bond motifs is 1. The highest BCUT2D eigenvalue weighted by Gasteiger charge is 2.35. The minimum absolute atomic E-state index is 0.0357. The SMILES string of the molecule is CCn1c(C2CCS(=O)(=O)C2)nnc1N1CC(C)c2ccccc21. The Morgan fingerprint density at radius 1 is 1.25 bits per heavy atom. The first-order chi connectivity index (χ1) is 11.5. The molecule has 0 saturated carbocycles. The van der Waals surface area contributed by atoms with Crippen molar-refractivity contribution in [1.29, 1.82) is 0 Å². The van der Waals surface area contributed by atoms with E-state index in [1.165, 1.54) is 11.3 Å². The van der Waals surface area contributed by atoms with Crippen LogP contribution in [0.2, 0.25) is 0 Å². The van der Waals surface area contributed by atoms with Gasteiger partial charge in [0, 0.05) is 30.6 Å². The molecule has 1 saturated heterocycles. The zero-order chi connectivity index (χ0) is 16.9. The summed E-state index contributed by atoms with van der Waals surface area (Å²) in [6, 6.07) is 8.39. The Balaban J connectivity index is 1.73. The van der Waals surface area contributed by atoms with Crippen LogP contribution in [0.1, 0.15) is 43.5 Å². The molecular weight excluding hydrogens is 324 g/mol. The first kappa shape index (κ1) is 15.6. The molecule has 6 nitrogen and oxygen atoms in total. The number of sulfone groups is 1. The van der Waals surface area contributed by atoms with Gasteiger partial charge < -0.3 is 4.90 Å². The Morgan fingerprint density at radius 3 is 2.75 bits per heavy atom. The van der Waals surface area contributed by atoms with Crippen LogP contribution in [-0.4, -0.2) is 41.2 Å². The number of nitrogens with zero attached hydrogens (tertiary/aromatic N) is 4. The Kier molecular flexibility index (Phi) is 3.63. The lowest BCUT2D eigenvalue weighted by molar-refractivity contribution is 0.598. The maximum atomic E-state index is 11.8. The summed E-state index contributed by atoms with van der Waals surface area (Å²) < 4.78 is 25.7. The lowest BCUT2D eigenvalue weighted by atomic mass is 10.0. The van der Waals surface area contributed by atoms with E-state index in [2.05, 4.69) is 51.7 Å². The van der Waals surface area contributed by atoms with Crippen LogP contribution in [0.4, 0.5) is 11.6 Å². The summed E-state index contributed by atoms with van der Waals surface area (Å²) in [4.78, 5) is 2.21. The van der Waals surface area contributed by atoms with E-state index in [4.69, 9.17) is 0 Å². The van der Waals surface area contributed by atoms with E-state index in [0.29, 0.717) is 12.3 Å². The second kappa shape index (κ2) is 5.58. The van der Waals surface area contributed by atoms with E-state index in [9.17, 15) is 8.42 Å². The second-order valence-electron chi connectivity index (χ2n) is 6.77. The van der Waals surface area contributed by atoms with Crippen LogP contribution in [-0.2, 0) is 16.4 Å². The highest BCUT2D eigenvalue weighted by molar-refractivity contribution is 7.91. The number of anilines is 2. The van der Waals surface area contributed by atoms with Gasteiger partial charge in [-0.15, -0.1) is 10.2 Å². The number of benzene rings is 1. The normalized spacial score (nSPS) is 25.2. The van der Waals surface area contributed by atoms with Crippen LogP contribution >= 0.6 is 0 Å². The average molecular weight is 346 g/mol. The first-order valence-corrected chi connectivity index (χ1v) is 10.3. The number of hydrogen-bond donors (Lipinski definition) is 0. The third-order valence-corrected chi connectivity index (χ3v) is 6.90. The number of para-hydroxylation sites is 1. The van der Waals surface area contributed by atoms with Crippen LogP contribution in [0.5, 0.6) is 0 Å². The van der Waals surface area contributed by atoms with Gasteiger partial charge in [0.05, 0.1) is 11.5 Å². The lowest BCUT2D eigenvalue weighted by Crippen LogP contribution is -2.20. The predicted octanol–water partition coefficient (Wildman–Crippen LogP) is 2.46. The summed E-state index contributed by atoms with van der Waals surface area (Å²) in [6.07, 6.45) is 0.646. The van der Waals surface area contributed by atoms with E-state index < -0.39 is 9.84 Å². The third-order valence-electron chi connectivity index (χ3n) is 5.13. The van der Waals surface area contributed by atoms with Crippen molar-refractivity contribution in [1.82, 2.24) is 14.8 Å². The molecule has 4 rings (SSSR count). The molecular formula is C17H22N4O2S. The molecule has 0 spiro atoms. The van der Waals surface area contributed by atoms with Crippen molar-refractivity contribution in [2.24, 2.45) is 0 Å². The van der Waals surface area contributed by atoms with Crippen LogP contribution < -0.4 is 4.90 Å². The topological polar surface area (TPSA) is 68.1 Å². The van der Waals surface area contributed by atoms with Gasteiger partial charge in [0.1, 0.15) is 5.82 Å². The van der Waals surface area contributed by atoms with E-state index in [0.717, 1.165) is 24.9 Å². The van der Waals surface area contributed by atoms with Crippen molar-refractivity contribution >= 4 is 21.5 Å².